The lowest BCUT2D eigenvalue weighted by Gasteiger charge is -2.22. The molecule has 6 heteroatoms. The smallest absolute Gasteiger partial charge is 0.261 e. The van der Waals surface area contributed by atoms with Gasteiger partial charge in [-0.05, 0) is 68.8 Å². The standard InChI is InChI=1S/C17H21BrN2O2S/c1-4-20(5-2)15-8-11-17(13(3)12-15)19-23(21,22)16-9-6-14(18)7-10-16/h6-12,19H,4-5H2,1-3H3. The molecule has 2 rings (SSSR count). The van der Waals surface area contributed by atoms with E-state index >= 15 is 0 Å². The Balaban J connectivity index is 2.27. The molecular weight excluding hydrogens is 376 g/mol. The summed E-state index contributed by atoms with van der Waals surface area (Å²) in [6.45, 7) is 7.94. The zero-order chi connectivity index (χ0) is 17.0. The van der Waals surface area contributed by atoms with Crippen molar-refractivity contribution >= 4 is 37.3 Å². The minimum absolute atomic E-state index is 0.243. The maximum atomic E-state index is 12.5. The lowest BCUT2D eigenvalue weighted by Crippen LogP contribution is -2.22. The zero-order valence-electron chi connectivity index (χ0n) is 13.5. The van der Waals surface area contributed by atoms with Gasteiger partial charge in [-0.25, -0.2) is 8.42 Å². The zero-order valence-corrected chi connectivity index (χ0v) is 15.9. The predicted octanol–water partition coefficient (Wildman–Crippen LogP) is 4.40. The molecule has 23 heavy (non-hydrogen) atoms. The van der Waals surface area contributed by atoms with Crippen molar-refractivity contribution in [1.29, 1.82) is 0 Å². The van der Waals surface area contributed by atoms with Gasteiger partial charge in [0.1, 0.15) is 0 Å². The maximum Gasteiger partial charge on any atom is 0.261 e. The van der Waals surface area contributed by atoms with Crippen molar-refractivity contribution in [1.82, 2.24) is 0 Å². The quantitative estimate of drug-likeness (QED) is 0.786. The number of anilines is 2. The highest BCUT2D eigenvalue weighted by Gasteiger charge is 2.15. The van der Waals surface area contributed by atoms with Crippen LogP contribution >= 0.6 is 15.9 Å². The van der Waals surface area contributed by atoms with Crippen molar-refractivity contribution in [2.24, 2.45) is 0 Å². The molecule has 0 unspecified atom stereocenters. The maximum absolute atomic E-state index is 12.5. The molecule has 0 aliphatic heterocycles. The van der Waals surface area contributed by atoms with E-state index in [0.717, 1.165) is 28.8 Å². The molecule has 0 saturated heterocycles. The van der Waals surface area contributed by atoms with Crippen LogP contribution in [0.2, 0.25) is 0 Å². The van der Waals surface area contributed by atoms with Crippen LogP contribution in [0.4, 0.5) is 11.4 Å². The molecule has 1 N–H and O–H groups in total. The largest absolute Gasteiger partial charge is 0.372 e. The summed E-state index contributed by atoms with van der Waals surface area (Å²) in [5.74, 6) is 0. The summed E-state index contributed by atoms with van der Waals surface area (Å²) in [6.07, 6.45) is 0. The SMILES string of the molecule is CCN(CC)c1ccc(NS(=O)(=O)c2ccc(Br)cc2)c(C)c1. The highest BCUT2D eigenvalue weighted by atomic mass is 79.9. The average molecular weight is 397 g/mol. The minimum atomic E-state index is -3.58. The van der Waals surface area contributed by atoms with Crippen LogP contribution in [0.25, 0.3) is 0 Å². The van der Waals surface area contributed by atoms with Gasteiger partial charge in [-0.2, -0.15) is 0 Å². The Hall–Kier alpha value is -1.53. The van der Waals surface area contributed by atoms with Crippen LogP contribution in [-0.4, -0.2) is 21.5 Å². The van der Waals surface area contributed by atoms with E-state index in [1.807, 2.05) is 25.1 Å². The van der Waals surface area contributed by atoms with Crippen LogP contribution in [0.5, 0.6) is 0 Å². The Morgan fingerprint density at radius 3 is 2.17 bits per heavy atom. The summed E-state index contributed by atoms with van der Waals surface area (Å²) in [6, 6.07) is 12.3. The molecule has 0 spiro atoms. The molecule has 0 aliphatic carbocycles. The van der Waals surface area contributed by atoms with E-state index < -0.39 is 10.0 Å². The fourth-order valence-electron chi connectivity index (χ4n) is 2.37. The third-order valence-corrected chi connectivity index (χ3v) is 5.62. The van der Waals surface area contributed by atoms with Gasteiger partial charge < -0.3 is 4.90 Å². The molecule has 0 aliphatic rings. The molecule has 4 nitrogen and oxygen atoms in total. The number of hydrogen-bond acceptors (Lipinski definition) is 3. The van der Waals surface area contributed by atoms with Gasteiger partial charge in [-0.1, -0.05) is 15.9 Å². The van der Waals surface area contributed by atoms with Crippen molar-refractivity contribution < 1.29 is 8.42 Å². The van der Waals surface area contributed by atoms with Gasteiger partial charge in [0.25, 0.3) is 10.0 Å². The van der Waals surface area contributed by atoms with Crippen molar-refractivity contribution in [3.8, 4) is 0 Å². The number of aryl methyl sites for hydroxylation is 1. The van der Waals surface area contributed by atoms with E-state index in [2.05, 4.69) is 39.4 Å². The topological polar surface area (TPSA) is 49.4 Å². The number of rotatable bonds is 6. The lowest BCUT2D eigenvalue weighted by atomic mass is 10.1. The van der Waals surface area contributed by atoms with Crippen LogP contribution in [0.15, 0.2) is 51.8 Å². The van der Waals surface area contributed by atoms with Gasteiger partial charge >= 0.3 is 0 Å². The Kier molecular flexibility index (Phi) is 5.70. The van der Waals surface area contributed by atoms with Gasteiger partial charge in [0.2, 0.25) is 0 Å². The molecule has 0 saturated carbocycles. The second-order valence-corrected chi connectivity index (χ2v) is 7.83. The number of sulfonamides is 1. The number of nitrogens with one attached hydrogen (secondary N) is 1. The Morgan fingerprint density at radius 1 is 1.04 bits per heavy atom. The summed E-state index contributed by atoms with van der Waals surface area (Å²) < 4.78 is 28.4. The second-order valence-electron chi connectivity index (χ2n) is 5.23. The fraction of sp³-hybridized carbons (Fsp3) is 0.294. The second kappa shape index (κ2) is 7.36. The van der Waals surface area contributed by atoms with Crippen LogP contribution in [0.3, 0.4) is 0 Å². The first kappa shape index (κ1) is 17.8. The molecule has 2 aromatic rings. The van der Waals surface area contributed by atoms with Gasteiger partial charge in [-0.3, -0.25) is 4.72 Å². The molecule has 0 atom stereocenters. The van der Waals surface area contributed by atoms with E-state index in [9.17, 15) is 8.42 Å². The van der Waals surface area contributed by atoms with Gasteiger partial charge in [0.05, 0.1) is 10.6 Å². The number of nitrogens with zero attached hydrogens (tertiary/aromatic N) is 1. The molecule has 0 aromatic heterocycles. The lowest BCUT2D eigenvalue weighted by molar-refractivity contribution is 0.601. The number of halogens is 1. The van der Waals surface area contributed by atoms with E-state index in [4.69, 9.17) is 0 Å². The van der Waals surface area contributed by atoms with Gasteiger partial charge in [0, 0.05) is 23.2 Å². The first-order chi connectivity index (χ1) is 10.9. The molecule has 124 valence electrons. The molecule has 0 bridgehead atoms. The number of hydrogen-bond donors (Lipinski definition) is 1. The first-order valence-corrected chi connectivity index (χ1v) is 9.79. The summed E-state index contributed by atoms with van der Waals surface area (Å²) >= 11 is 3.31. The number of benzene rings is 2. The molecule has 0 amide bonds. The van der Waals surface area contributed by atoms with Crippen molar-refractivity contribution in [2.45, 2.75) is 25.7 Å². The van der Waals surface area contributed by atoms with Crippen molar-refractivity contribution in [3.05, 3.63) is 52.5 Å². The van der Waals surface area contributed by atoms with Crippen LogP contribution < -0.4 is 9.62 Å². The summed E-state index contributed by atoms with van der Waals surface area (Å²) in [7, 11) is -3.58. The summed E-state index contributed by atoms with van der Waals surface area (Å²) in [4.78, 5) is 2.47. The Labute approximate surface area is 146 Å². The third-order valence-electron chi connectivity index (χ3n) is 3.71. The highest BCUT2D eigenvalue weighted by Crippen LogP contribution is 2.25. The summed E-state index contributed by atoms with van der Waals surface area (Å²) in [5.41, 5.74) is 2.60. The first-order valence-electron chi connectivity index (χ1n) is 7.51. The monoisotopic (exact) mass is 396 g/mol. The third kappa shape index (κ3) is 4.26. The minimum Gasteiger partial charge on any atom is -0.372 e. The van der Waals surface area contributed by atoms with Gasteiger partial charge in [-0.15, -0.1) is 0 Å². The van der Waals surface area contributed by atoms with E-state index in [1.165, 1.54) is 0 Å². The van der Waals surface area contributed by atoms with Crippen molar-refractivity contribution in [2.75, 3.05) is 22.7 Å². The Bertz CT molecular complexity index is 770. The highest BCUT2D eigenvalue weighted by molar-refractivity contribution is 9.10. The average Bonchev–Trinajstić information content (AvgIpc) is 2.51. The fourth-order valence-corrected chi connectivity index (χ4v) is 3.76. The Morgan fingerprint density at radius 2 is 1.65 bits per heavy atom. The van der Waals surface area contributed by atoms with Crippen LogP contribution in [0, 0.1) is 6.92 Å². The molecular formula is C17H21BrN2O2S. The normalized spacial score (nSPS) is 11.3. The van der Waals surface area contributed by atoms with E-state index in [1.54, 1.807) is 24.3 Å². The molecule has 2 aromatic carbocycles. The van der Waals surface area contributed by atoms with Crippen LogP contribution in [-0.2, 0) is 10.0 Å². The molecule has 0 radical (unpaired) electrons. The van der Waals surface area contributed by atoms with E-state index in [0.29, 0.717) is 5.69 Å². The summed E-state index contributed by atoms with van der Waals surface area (Å²) in [5, 5.41) is 0. The van der Waals surface area contributed by atoms with Crippen LogP contribution in [0.1, 0.15) is 19.4 Å². The van der Waals surface area contributed by atoms with Gasteiger partial charge in [0.15, 0.2) is 0 Å². The molecule has 0 fully saturated rings. The van der Waals surface area contributed by atoms with E-state index in [-0.39, 0.29) is 4.90 Å². The van der Waals surface area contributed by atoms with Crippen molar-refractivity contribution in [3.63, 3.8) is 0 Å². The molecule has 0 heterocycles. The predicted molar refractivity (Wildman–Crippen MR) is 99.7 cm³/mol.